The van der Waals surface area contributed by atoms with Crippen molar-refractivity contribution in [1.82, 2.24) is 10.2 Å². The molecule has 2 fully saturated rings. The van der Waals surface area contributed by atoms with Gasteiger partial charge in [-0.1, -0.05) is 31.0 Å². The van der Waals surface area contributed by atoms with Gasteiger partial charge >= 0.3 is 0 Å². The van der Waals surface area contributed by atoms with Crippen molar-refractivity contribution in [3.8, 4) is 0 Å². The highest BCUT2D eigenvalue weighted by atomic mass is 15.2. The van der Waals surface area contributed by atoms with Crippen LogP contribution in [0.3, 0.4) is 0 Å². The Bertz CT molecular complexity index is 443. The fraction of sp³-hybridized carbons (Fsp3) is 0.667. The van der Waals surface area contributed by atoms with Crippen molar-refractivity contribution in [2.45, 2.75) is 45.6 Å². The van der Waals surface area contributed by atoms with Gasteiger partial charge in [-0.05, 0) is 49.3 Å². The molecule has 1 aliphatic heterocycles. The lowest BCUT2D eigenvalue weighted by Crippen LogP contribution is -2.46. The van der Waals surface area contributed by atoms with Crippen molar-refractivity contribution >= 4 is 0 Å². The van der Waals surface area contributed by atoms with Crippen LogP contribution in [0.1, 0.15) is 48.4 Å². The summed E-state index contributed by atoms with van der Waals surface area (Å²) in [6, 6.07) is 7.79. The zero-order valence-electron chi connectivity index (χ0n) is 13.0. The average molecular weight is 272 g/mol. The van der Waals surface area contributed by atoms with Gasteiger partial charge in [0.15, 0.2) is 0 Å². The van der Waals surface area contributed by atoms with E-state index in [4.69, 9.17) is 0 Å². The lowest BCUT2D eigenvalue weighted by atomic mass is 9.88. The number of nitrogens with one attached hydrogen (secondary N) is 1. The monoisotopic (exact) mass is 272 g/mol. The molecule has 2 aliphatic rings. The molecule has 0 spiro atoms. The molecule has 0 unspecified atom stereocenters. The molecular weight excluding hydrogens is 244 g/mol. The Kier molecular flexibility index (Phi) is 4.42. The fourth-order valence-electron chi connectivity index (χ4n) is 3.96. The Morgan fingerprint density at radius 1 is 1.05 bits per heavy atom. The number of benzene rings is 1. The Hall–Kier alpha value is -0.860. The maximum absolute atomic E-state index is 3.49. The molecule has 1 N–H and O–H groups in total. The molecule has 0 bridgehead atoms. The van der Waals surface area contributed by atoms with Gasteiger partial charge in [-0.25, -0.2) is 0 Å². The molecule has 2 heteroatoms. The Balaban J connectivity index is 1.88. The maximum Gasteiger partial charge on any atom is 0.0377 e. The number of aryl methyl sites for hydroxylation is 2. The van der Waals surface area contributed by atoms with Gasteiger partial charge in [0.2, 0.25) is 0 Å². The van der Waals surface area contributed by atoms with Gasteiger partial charge in [0.1, 0.15) is 0 Å². The zero-order chi connectivity index (χ0) is 13.9. The van der Waals surface area contributed by atoms with Crippen LogP contribution >= 0.6 is 0 Å². The summed E-state index contributed by atoms with van der Waals surface area (Å²) in [7, 11) is 0. The topological polar surface area (TPSA) is 15.3 Å². The third-order valence-electron chi connectivity index (χ3n) is 5.26. The van der Waals surface area contributed by atoms with Crippen LogP contribution in [0.15, 0.2) is 18.2 Å². The maximum atomic E-state index is 3.49. The van der Waals surface area contributed by atoms with E-state index in [9.17, 15) is 0 Å². The third-order valence-corrected chi connectivity index (χ3v) is 5.26. The minimum Gasteiger partial charge on any atom is -0.314 e. The Morgan fingerprint density at radius 3 is 2.40 bits per heavy atom. The smallest absolute Gasteiger partial charge is 0.0377 e. The molecule has 1 aromatic carbocycles. The predicted octanol–water partition coefficient (Wildman–Crippen LogP) is 3.44. The predicted molar refractivity (Wildman–Crippen MR) is 85.1 cm³/mol. The molecule has 1 aromatic rings. The molecule has 0 amide bonds. The molecule has 20 heavy (non-hydrogen) atoms. The minimum absolute atomic E-state index is 0.652. The molecule has 1 atom stereocenters. The molecule has 1 saturated heterocycles. The van der Waals surface area contributed by atoms with Crippen molar-refractivity contribution < 1.29 is 0 Å². The van der Waals surface area contributed by atoms with Crippen molar-refractivity contribution in [3.05, 3.63) is 34.9 Å². The first-order valence-corrected chi connectivity index (χ1v) is 8.27. The van der Waals surface area contributed by atoms with Crippen LogP contribution in [0.4, 0.5) is 0 Å². The Morgan fingerprint density at radius 2 is 1.75 bits per heavy atom. The van der Waals surface area contributed by atoms with Crippen molar-refractivity contribution in [2.75, 3.05) is 26.2 Å². The molecule has 0 radical (unpaired) electrons. The van der Waals surface area contributed by atoms with E-state index in [1.807, 2.05) is 0 Å². The third kappa shape index (κ3) is 2.91. The van der Waals surface area contributed by atoms with Crippen LogP contribution < -0.4 is 5.32 Å². The van der Waals surface area contributed by atoms with E-state index in [0.29, 0.717) is 6.04 Å². The van der Waals surface area contributed by atoms with Gasteiger partial charge in [-0.15, -0.1) is 0 Å². The number of hydrogen-bond donors (Lipinski definition) is 1. The molecule has 0 aromatic heterocycles. The first-order chi connectivity index (χ1) is 9.75. The van der Waals surface area contributed by atoms with Crippen LogP contribution in [0, 0.1) is 19.8 Å². The highest BCUT2D eigenvalue weighted by molar-refractivity contribution is 5.32. The van der Waals surface area contributed by atoms with Crippen molar-refractivity contribution in [1.29, 1.82) is 0 Å². The minimum atomic E-state index is 0.652. The summed E-state index contributed by atoms with van der Waals surface area (Å²) in [4.78, 5) is 2.73. The van der Waals surface area contributed by atoms with E-state index in [1.54, 1.807) is 5.56 Å². The normalized spacial score (nSPS) is 23.1. The second-order valence-corrected chi connectivity index (χ2v) is 6.62. The zero-order valence-corrected chi connectivity index (χ0v) is 13.0. The number of hydrogen-bond acceptors (Lipinski definition) is 2. The van der Waals surface area contributed by atoms with E-state index in [0.717, 1.165) is 19.0 Å². The van der Waals surface area contributed by atoms with Gasteiger partial charge < -0.3 is 5.32 Å². The van der Waals surface area contributed by atoms with E-state index >= 15 is 0 Å². The van der Waals surface area contributed by atoms with Gasteiger partial charge in [0.05, 0.1) is 0 Å². The summed E-state index contributed by atoms with van der Waals surface area (Å²) in [5.74, 6) is 0.871. The molecule has 1 saturated carbocycles. The van der Waals surface area contributed by atoms with Gasteiger partial charge in [-0.3, -0.25) is 4.90 Å². The fourth-order valence-corrected chi connectivity index (χ4v) is 3.96. The summed E-state index contributed by atoms with van der Waals surface area (Å²) in [5.41, 5.74) is 4.42. The van der Waals surface area contributed by atoms with Crippen molar-refractivity contribution in [2.24, 2.45) is 5.92 Å². The summed E-state index contributed by atoms with van der Waals surface area (Å²) in [5, 5.41) is 3.49. The van der Waals surface area contributed by atoms with Crippen LogP contribution in [-0.2, 0) is 0 Å². The lowest BCUT2D eigenvalue weighted by Gasteiger charge is -2.39. The number of piperazine rings is 1. The van der Waals surface area contributed by atoms with Crippen LogP contribution in [0.25, 0.3) is 0 Å². The quantitative estimate of drug-likeness (QED) is 0.907. The van der Waals surface area contributed by atoms with Crippen molar-refractivity contribution in [3.63, 3.8) is 0 Å². The highest BCUT2D eigenvalue weighted by Gasteiger charge is 2.31. The molecule has 1 aliphatic carbocycles. The van der Waals surface area contributed by atoms with Crippen LogP contribution in [0.5, 0.6) is 0 Å². The van der Waals surface area contributed by atoms with E-state index in [1.165, 1.54) is 49.9 Å². The largest absolute Gasteiger partial charge is 0.314 e. The molecular formula is C18H28N2. The first kappa shape index (κ1) is 14.1. The summed E-state index contributed by atoms with van der Waals surface area (Å²) >= 11 is 0. The standard InChI is InChI=1S/C18H28N2/c1-14-7-8-17(13-15(14)2)18(16-5-3-4-6-16)20-11-9-19-10-12-20/h7-8,13,16,18-19H,3-6,9-12H2,1-2H3/t18-/m1/s1. The second-order valence-electron chi connectivity index (χ2n) is 6.62. The Labute approximate surface area is 123 Å². The van der Waals surface area contributed by atoms with Gasteiger partial charge in [0, 0.05) is 32.2 Å². The highest BCUT2D eigenvalue weighted by Crippen LogP contribution is 2.40. The van der Waals surface area contributed by atoms with E-state index in [-0.39, 0.29) is 0 Å². The molecule has 1 heterocycles. The number of nitrogens with zero attached hydrogens (tertiary/aromatic N) is 1. The van der Waals surface area contributed by atoms with Gasteiger partial charge in [-0.2, -0.15) is 0 Å². The molecule has 3 rings (SSSR count). The summed E-state index contributed by atoms with van der Waals surface area (Å²) < 4.78 is 0. The number of rotatable bonds is 3. The first-order valence-electron chi connectivity index (χ1n) is 8.27. The second kappa shape index (κ2) is 6.28. The van der Waals surface area contributed by atoms with E-state index < -0.39 is 0 Å². The average Bonchev–Trinajstić information content (AvgIpc) is 2.98. The summed E-state index contributed by atoms with van der Waals surface area (Å²) in [6.45, 7) is 9.17. The van der Waals surface area contributed by atoms with Gasteiger partial charge in [0.25, 0.3) is 0 Å². The SMILES string of the molecule is Cc1ccc([C@@H](C2CCCC2)N2CCNCC2)cc1C. The molecule has 110 valence electrons. The van der Waals surface area contributed by atoms with Crippen LogP contribution in [-0.4, -0.2) is 31.1 Å². The molecule has 2 nitrogen and oxygen atoms in total. The summed E-state index contributed by atoms with van der Waals surface area (Å²) in [6.07, 6.45) is 5.69. The van der Waals surface area contributed by atoms with E-state index in [2.05, 4.69) is 42.3 Å². The lowest BCUT2D eigenvalue weighted by molar-refractivity contribution is 0.125. The van der Waals surface area contributed by atoms with Crippen LogP contribution in [0.2, 0.25) is 0 Å².